The summed E-state index contributed by atoms with van der Waals surface area (Å²) in [4.78, 5) is 7.71. The van der Waals surface area contributed by atoms with Crippen LogP contribution in [0.15, 0.2) is 10.7 Å². The molecule has 0 saturated heterocycles. The van der Waals surface area contributed by atoms with Gasteiger partial charge in [-0.3, -0.25) is 0 Å². The Morgan fingerprint density at radius 2 is 2.19 bits per heavy atom. The smallest absolute Gasteiger partial charge is 0.221 e. The number of nitrogens with two attached hydrogens (primary N) is 2. The molecule has 0 aromatic carbocycles. The summed E-state index contributed by atoms with van der Waals surface area (Å²) < 4.78 is 22.0. The van der Waals surface area contributed by atoms with Gasteiger partial charge < -0.3 is 11.1 Å². The first-order valence-electron chi connectivity index (χ1n) is 4.41. The SMILES string of the molecule is Nc1ncc(Br)c(NCCCS(N)(=O)=O)n1. The predicted octanol–water partition coefficient (Wildman–Crippen LogP) is -0.0882. The quantitative estimate of drug-likeness (QED) is 0.653. The van der Waals surface area contributed by atoms with E-state index in [1.807, 2.05) is 0 Å². The highest BCUT2D eigenvalue weighted by Gasteiger charge is 2.04. The lowest BCUT2D eigenvalue weighted by molar-refractivity contribution is 0.595. The van der Waals surface area contributed by atoms with Crippen molar-refractivity contribution in [2.75, 3.05) is 23.3 Å². The number of rotatable bonds is 5. The van der Waals surface area contributed by atoms with E-state index in [2.05, 4.69) is 31.2 Å². The topological polar surface area (TPSA) is 124 Å². The molecule has 1 rings (SSSR count). The molecule has 9 heteroatoms. The number of nitrogens with one attached hydrogen (secondary N) is 1. The van der Waals surface area contributed by atoms with Crippen LogP contribution in [-0.2, 0) is 10.0 Å². The maximum absolute atomic E-state index is 10.7. The zero-order valence-corrected chi connectivity index (χ0v) is 10.8. The minimum absolute atomic E-state index is 0.0712. The highest BCUT2D eigenvalue weighted by Crippen LogP contribution is 2.18. The van der Waals surface area contributed by atoms with Gasteiger partial charge in [-0.2, -0.15) is 4.98 Å². The Bertz CT molecular complexity index is 464. The van der Waals surface area contributed by atoms with Gasteiger partial charge in [-0.05, 0) is 22.4 Å². The maximum atomic E-state index is 10.7. The lowest BCUT2D eigenvalue weighted by atomic mass is 10.4. The molecular formula is C7H12BrN5O2S. The van der Waals surface area contributed by atoms with E-state index in [0.29, 0.717) is 23.3 Å². The molecule has 5 N–H and O–H groups in total. The van der Waals surface area contributed by atoms with E-state index in [4.69, 9.17) is 10.9 Å². The molecule has 0 saturated carbocycles. The van der Waals surface area contributed by atoms with Crippen molar-refractivity contribution in [3.63, 3.8) is 0 Å². The number of anilines is 2. The molecule has 0 bridgehead atoms. The van der Waals surface area contributed by atoms with Crippen molar-refractivity contribution >= 4 is 37.7 Å². The Kier molecular flexibility index (Phi) is 4.44. The van der Waals surface area contributed by atoms with Crippen LogP contribution in [0.3, 0.4) is 0 Å². The van der Waals surface area contributed by atoms with E-state index in [-0.39, 0.29) is 11.7 Å². The van der Waals surface area contributed by atoms with Crippen molar-refractivity contribution in [2.45, 2.75) is 6.42 Å². The first kappa shape index (κ1) is 13.1. The van der Waals surface area contributed by atoms with Gasteiger partial charge in [0, 0.05) is 12.7 Å². The van der Waals surface area contributed by atoms with Crippen LogP contribution >= 0.6 is 15.9 Å². The Morgan fingerprint density at radius 3 is 2.81 bits per heavy atom. The summed E-state index contributed by atoms with van der Waals surface area (Å²) in [6.07, 6.45) is 1.92. The average Bonchev–Trinajstić information content (AvgIpc) is 2.16. The van der Waals surface area contributed by atoms with Crippen molar-refractivity contribution in [2.24, 2.45) is 5.14 Å². The summed E-state index contributed by atoms with van der Waals surface area (Å²) in [6.45, 7) is 0.436. The van der Waals surface area contributed by atoms with Crippen LogP contribution in [0.25, 0.3) is 0 Å². The van der Waals surface area contributed by atoms with Crippen LogP contribution in [0, 0.1) is 0 Å². The molecule has 16 heavy (non-hydrogen) atoms. The van der Waals surface area contributed by atoms with E-state index in [9.17, 15) is 8.42 Å². The fourth-order valence-electron chi connectivity index (χ4n) is 0.985. The molecule has 90 valence electrons. The molecule has 0 amide bonds. The van der Waals surface area contributed by atoms with Crippen LogP contribution in [0.2, 0.25) is 0 Å². The summed E-state index contributed by atoms with van der Waals surface area (Å²) in [5, 5.41) is 7.79. The molecule has 0 atom stereocenters. The summed E-state index contributed by atoms with van der Waals surface area (Å²) >= 11 is 3.24. The Morgan fingerprint density at radius 1 is 1.50 bits per heavy atom. The third-order valence-corrected chi connectivity index (χ3v) is 3.10. The number of nitrogens with zero attached hydrogens (tertiary/aromatic N) is 2. The number of primary sulfonamides is 1. The minimum atomic E-state index is -3.41. The molecular weight excluding hydrogens is 298 g/mol. The Balaban J connectivity index is 2.46. The largest absolute Gasteiger partial charge is 0.369 e. The molecule has 0 aliphatic heterocycles. The molecule has 0 fully saturated rings. The molecule has 0 aliphatic carbocycles. The maximum Gasteiger partial charge on any atom is 0.221 e. The molecule has 1 aromatic rings. The second-order valence-corrected chi connectivity index (χ2v) is 5.66. The summed E-state index contributed by atoms with van der Waals surface area (Å²) in [7, 11) is -3.41. The number of hydrogen-bond acceptors (Lipinski definition) is 6. The summed E-state index contributed by atoms with van der Waals surface area (Å²) in [5.41, 5.74) is 5.40. The van der Waals surface area contributed by atoms with E-state index >= 15 is 0 Å². The third kappa shape index (κ3) is 4.73. The van der Waals surface area contributed by atoms with Gasteiger partial charge in [-0.1, -0.05) is 0 Å². The molecule has 0 radical (unpaired) electrons. The summed E-state index contributed by atoms with van der Waals surface area (Å²) in [6, 6.07) is 0. The normalized spacial score (nSPS) is 11.4. The standard InChI is InChI=1S/C7H12BrN5O2S/c8-5-4-12-7(9)13-6(5)11-2-1-3-16(10,14)15/h4H,1-3H2,(H2,10,14,15)(H3,9,11,12,13). The highest BCUT2D eigenvalue weighted by atomic mass is 79.9. The fourth-order valence-corrected chi connectivity index (χ4v) is 1.86. The van der Waals surface area contributed by atoms with Gasteiger partial charge in [-0.15, -0.1) is 0 Å². The zero-order valence-electron chi connectivity index (χ0n) is 8.35. The van der Waals surface area contributed by atoms with Crippen LogP contribution in [0.4, 0.5) is 11.8 Å². The molecule has 0 spiro atoms. The van der Waals surface area contributed by atoms with Crippen LogP contribution in [0.5, 0.6) is 0 Å². The lowest BCUT2D eigenvalue weighted by Crippen LogP contribution is -2.19. The van der Waals surface area contributed by atoms with Gasteiger partial charge in [0.25, 0.3) is 0 Å². The van der Waals surface area contributed by atoms with Crippen LogP contribution in [-0.4, -0.2) is 30.7 Å². The molecule has 0 aliphatic rings. The zero-order chi connectivity index (χ0) is 12.2. The van der Waals surface area contributed by atoms with Crippen molar-refractivity contribution in [3.8, 4) is 0 Å². The van der Waals surface area contributed by atoms with Crippen molar-refractivity contribution in [1.29, 1.82) is 0 Å². The van der Waals surface area contributed by atoms with Gasteiger partial charge in [-0.25, -0.2) is 18.5 Å². The van der Waals surface area contributed by atoms with Gasteiger partial charge >= 0.3 is 0 Å². The van der Waals surface area contributed by atoms with Crippen molar-refractivity contribution in [3.05, 3.63) is 10.7 Å². The second-order valence-electron chi connectivity index (χ2n) is 3.07. The first-order chi connectivity index (χ1) is 7.38. The monoisotopic (exact) mass is 309 g/mol. The molecule has 1 heterocycles. The second kappa shape index (κ2) is 5.41. The van der Waals surface area contributed by atoms with E-state index in [1.54, 1.807) is 0 Å². The number of sulfonamides is 1. The number of nitrogen functional groups attached to an aromatic ring is 1. The van der Waals surface area contributed by atoms with Crippen LogP contribution < -0.4 is 16.2 Å². The molecule has 1 aromatic heterocycles. The number of aromatic nitrogens is 2. The van der Waals surface area contributed by atoms with Crippen molar-refractivity contribution < 1.29 is 8.42 Å². The lowest BCUT2D eigenvalue weighted by Gasteiger charge is -2.06. The van der Waals surface area contributed by atoms with Gasteiger partial charge in [0.1, 0.15) is 5.82 Å². The number of hydrogen-bond donors (Lipinski definition) is 3. The highest BCUT2D eigenvalue weighted by molar-refractivity contribution is 9.10. The van der Waals surface area contributed by atoms with Crippen LogP contribution in [0.1, 0.15) is 6.42 Å². The van der Waals surface area contributed by atoms with Gasteiger partial charge in [0.2, 0.25) is 16.0 Å². The third-order valence-electron chi connectivity index (χ3n) is 1.66. The average molecular weight is 310 g/mol. The predicted molar refractivity (Wildman–Crippen MR) is 65.2 cm³/mol. The van der Waals surface area contributed by atoms with E-state index in [0.717, 1.165) is 0 Å². The molecule has 0 unspecified atom stereocenters. The Labute approximate surface area is 102 Å². The van der Waals surface area contributed by atoms with Crippen molar-refractivity contribution in [1.82, 2.24) is 9.97 Å². The minimum Gasteiger partial charge on any atom is -0.369 e. The van der Waals surface area contributed by atoms with Gasteiger partial charge in [0.05, 0.1) is 10.2 Å². The summed E-state index contributed by atoms with van der Waals surface area (Å²) in [5.74, 6) is 0.608. The fraction of sp³-hybridized carbons (Fsp3) is 0.429. The van der Waals surface area contributed by atoms with E-state index < -0.39 is 10.0 Å². The molecule has 7 nitrogen and oxygen atoms in total. The van der Waals surface area contributed by atoms with Gasteiger partial charge in [0.15, 0.2) is 0 Å². The first-order valence-corrected chi connectivity index (χ1v) is 6.92. The van der Waals surface area contributed by atoms with E-state index in [1.165, 1.54) is 6.20 Å². The Hall–Kier alpha value is -0.930. The number of halogens is 1.